The monoisotopic (exact) mass is 158 g/mol. The molecule has 0 aromatic heterocycles. The summed E-state index contributed by atoms with van der Waals surface area (Å²) in [6, 6.07) is 0. The highest BCUT2D eigenvalue weighted by Gasteiger charge is 2.12. The molecular weight excluding hydrogens is 140 g/mol. The van der Waals surface area contributed by atoms with Crippen LogP contribution < -0.4 is 0 Å². The summed E-state index contributed by atoms with van der Waals surface area (Å²) in [6.45, 7) is 5.44. The predicted molar refractivity (Wildman–Crippen MR) is 46.4 cm³/mol. The molecule has 0 heterocycles. The zero-order valence-corrected chi connectivity index (χ0v) is 7.16. The second-order valence-corrected chi connectivity index (χ2v) is 2.76. The van der Waals surface area contributed by atoms with Gasteiger partial charge in [-0.1, -0.05) is 13.0 Å². The lowest BCUT2D eigenvalue weighted by Gasteiger charge is -2.14. The second kappa shape index (κ2) is 6.38. The van der Waals surface area contributed by atoms with Gasteiger partial charge in [-0.2, -0.15) is 0 Å². The molecule has 2 atom stereocenters. The highest BCUT2D eigenvalue weighted by Crippen LogP contribution is 2.07. The maximum atomic E-state index is 9.26. The van der Waals surface area contributed by atoms with Crippen LogP contribution in [0.3, 0.4) is 0 Å². The largest absolute Gasteiger partial charge is 0.390 e. The topological polar surface area (TPSA) is 40.5 Å². The summed E-state index contributed by atoms with van der Waals surface area (Å²) in [6.07, 6.45) is 3.82. The first-order valence-electron chi connectivity index (χ1n) is 4.19. The molecular formula is C9H18O2. The van der Waals surface area contributed by atoms with Gasteiger partial charge < -0.3 is 10.2 Å². The van der Waals surface area contributed by atoms with Gasteiger partial charge in [-0.15, -0.1) is 6.58 Å². The van der Waals surface area contributed by atoms with E-state index in [1.165, 1.54) is 0 Å². The van der Waals surface area contributed by atoms with Gasteiger partial charge >= 0.3 is 0 Å². The minimum absolute atomic E-state index is 0.556. The Kier molecular flexibility index (Phi) is 6.18. The molecule has 2 nitrogen and oxygen atoms in total. The summed E-state index contributed by atoms with van der Waals surface area (Å²) in [5.74, 6) is 0. The Morgan fingerprint density at radius 1 is 1.36 bits per heavy atom. The Bertz CT molecular complexity index is 102. The average molecular weight is 158 g/mol. The zero-order valence-electron chi connectivity index (χ0n) is 7.16. The van der Waals surface area contributed by atoms with E-state index >= 15 is 0 Å². The van der Waals surface area contributed by atoms with Crippen molar-refractivity contribution in [2.24, 2.45) is 0 Å². The maximum Gasteiger partial charge on any atom is 0.0799 e. The maximum absolute atomic E-state index is 9.26. The molecule has 0 aromatic carbocycles. The summed E-state index contributed by atoms with van der Waals surface area (Å²) in [4.78, 5) is 0. The van der Waals surface area contributed by atoms with Crippen molar-refractivity contribution < 1.29 is 10.2 Å². The van der Waals surface area contributed by atoms with Gasteiger partial charge in [0, 0.05) is 0 Å². The van der Waals surface area contributed by atoms with Gasteiger partial charge in [-0.25, -0.2) is 0 Å². The number of hydrogen-bond acceptors (Lipinski definition) is 2. The molecule has 0 unspecified atom stereocenters. The van der Waals surface area contributed by atoms with Gasteiger partial charge in [-0.05, 0) is 25.7 Å². The van der Waals surface area contributed by atoms with E-state index in [0.29, 0.717) is 12.8 Å². The molecule has 11 heavy (non-hydrogen) atoms. The van der Waals surface area contributed by atoms with Crippen LogP contribution in [-0.2, 0) is 0 Å². The van der Waals surface area contributed by atoms with Crippen LogP contribution in [0, 0.1) is 0 Å². The quantitative estimate of drug-likeness (QED) is 0.454. The van der Waals surface area contributed by atoms with Crippen LogP contribution in [0.25, 0.3) is 0 Å². The number of allylic oxidation sites excluding steroid dienone is 1. The van der Waals surface area contributed by atoms with E-state index in [-0.39, 0.29) is 0 Å². The van der Waals surface area contributed by atoms with Crippen LogP contribution in [0.15, 0.2) is 12.7 Å². The summed E-state index contributed by atoms with van der Waals surface area (Å²) in [5, 5.41) is 18.4. The Labute approximate surface area is 68.6 Å². The Hall–Kier alpha value is -0.340. The van der Waals surface area contributed by atoms with Gasteiger partial charge in [0.1, 0.15) is 0 Å². The molecule has 0 bridgehead atoms. The SMILES string of the molecule is C=CCCC[C@@H](O)[C@H](O)CC. The van der Waals surface area contributed by atoms with Gasteiger partial charge in [0.15, 0.2) is 0 Å². The lowest BCUT2D eigenvalue weighted by Crippen LogP contribution is -2.24. The van der Waals surface area contributed by atoms with Crippen LogP contribution in [0.2, 0.25) is 0 Å². The zero-order chi connectivity index (χ0) is 8.69. The van der Waals surface area contributed by atoms with Crippen molar-refractivity contribution in [3.8, 4) is 0 Å². The number of unbranched alkanes of at least 4 members (excludes halogenated alkanes) is 1. The molecule has 0 saturated heterocycles. The van der Waals surface area contributed by atoms with Crippen molar-refractivity contribution in [2.75, 3.05) is 0 Å². The Balaban J connectivity index is 3.34. The van der Waals surface area contributed by atoms with Gasteiger partial charge in [0.2, 0.25) is 0 Å². The first-order chi connectivity index (χ1) is 5.22. The fourth-order valence-corrected chi connectivity index (χ4v) is 0.936. The average Bonchev–Trinajstić information content (AvgIpc) is 2.03. The van der Waals surface area contributed by atoms with E-state index in [0.717, 1.165) is 12.8 Å². The number of aliphatic hydroxyl groups excluding tert-OH is 2. The molecule has 2 heteroatoms. The van der Waals surface area contributed by atoms with Crippen molar-refractivity contribution in [3.05, 3.63) is 12.7 Å². The van der Waals surface area contributed by atoms with E-state index in [9.17, 15) is 5.11 Å². The van der Waals surface area contributed by atoms with E-state index in [4.69, 9.17) is 5.11 Å². The van der Waals surface area contributed by atoms with Gasteiger partial charge in [-0.3, -0.25) is 0 Å². The fraction of sp³-hybridized carbons (Fsp3) is 0.778. The third-order valence-electron chi connectivity index (χ3n) is 1.77. The predicted octanol–water partition coefficient (Wildman–Crippen LogP) is 1.47. The summed E-state index contributed by atoms with van der Waals surface area (Å²) < 4.78 is 0. The van der Waals surface area contributed by atoms with E-state index in [1.807, 2.05) is 13.0 Å². The lowest BCUT2D eigenvalue weighted by atomic mass is 10.1. The van der Waals surface area contributed by atoms with Crippen LogP contribution in [0.4, 0.5) is 0 Å². The highest BCUT2D eigenvalue weighted by atomic mass is 16.3. The van der Waals surface area contributed by atoms with Crippen molar-refractivity contribution >= 4 is 0 Å². The van der Waals surface area contributed by atoms with E-state index in [1.54, 1.807) is 0 Å². The van der Waals surface area contributed by atoms with Crippen molar-refractivity contribution in [1.29, 1.82) is 0 Å². The normalized spacial score (nSPS) is 15.9. The first-order valence-corrected chi connectivity index (χ1v) is 4.19. The van der Waals surface area contributed by atoms with Gasteiger partial charge in [0.25, 0.3) is 0 Å². The third kappa shape index (κ3) is 4.99. The molecule has 0 radical (unpaired) electrons. The molecule has 0 fully saturated rings. The first kappa shape index (κ1) is 10.7. The summed E-state index contributed by atoms with van der Waals surface area (Å²) >= 11 is 0. The molecule has 0 spiro atoms. The highest BCUT2D eigenvalue weighted by molar-refractivity contribution is 4.70. The molecule has 0 aliphatic carbocycles. The van der Waals surface area contributed by atoms with E-state index in [2.05, 4.69) is 6.58 Å². The standard InChI is InChI=1S/C9H18O2/c1-3-5-6-7-9(11)8(10)4-2/h3,8-11H,1,4-7H2,2H3/t8-,9-/m1/s1. The van der Waals surface area contributed by atoms with Crippen LogP contribution >= 0.6 is 0 Å². The van der Waals surface area contributed by atoms with Crippen molar-refractivity contribution in [1.82, 2.24) is 0 Å². The number of rotatable bonds is 6. The van der Waals surface area contributed by atoms with Gasteiger partial charge in [0.05, 0.1) is 12.2 Å². The van der Waals surface area contributed by atoms with Crippen LogP contribution in [-0.4, -0.2) is 22.4 Å². The molecule has 0 rings (SSSR count). The summed E-state index contributed by atoms with van der Waals surface area (Å²) in [5.41, 5.74) is 0. The number of aliphatic hydroxyl groups is 2. The molecule has 2 N–H and O–H groups in total. The molecule has 0 aliphatic heterocycles. The fourth-order valence-electron chi connectivity index (χ4n) is 0.936. The molecule has 0 amide bonds. The third-order valence-corrected chi connectivity index (χ3v) is 1.77. The smallest absolute Gasteiger partial charge is 0.0799 e. The summed E-state index contributed by atoms with van der Waals surface area (Å²) in [7, 11) is 0. The second-order valence-electron chi connectivity index (χ2n) is 2.76. The minimum atomic E-state index is -0.556. The molecule has 66 valence electrons. The molecule has 0 aliphatic rings. The Morgan fingerprint density at radius 3 is 2.45 bits per heavy atom. The Morgan fingerprint density at radius 2 is 2.00 bits per heavy atom. The van der Waals surface area contributed by atoms with Crippen molar-refractivity contribution in [2.45, 2.75) is 44.8 Å². The number of hydrogen-bond donors (Lipinski definition) is 2. The lowest BCUT2D eigenvalue weighted by molar-refractivity contribution is 0.0119. The molecule has 0 saturated carbocycles. The van der Waals surface area contributed by atoms with Crippen molar-refractivity contribution in [3.63, 3.8) is 0 Å². The van der Waals surface area contributed by atoms with E-state index < -0.39 is 12.2 Å². The minimum Gasteiger partial charge on any atom is -0.390 e. The van der Waals surface area contributed by atoms with Crippen LogP contribution in [0.5, 0.6) is 0 Å². The van der Waals surface area contributed by atoms with Crippen LogP contribution in [0.1, 0.15) is 32.6 Å². The molecule has 0 aromatic rings.